The Kier molecular flexibility index (Phi) is 2.56. The first-order chi connectivity index (χ1) is 6.19. The van der Waals surface area contributed by atoms with Gasteiger partial charge in [0.15, 0.2) is 0 Å². The summed E-state index contributed by atoms with van der Waals surface area (Å²) < 4.78 is 25.6. The van der Waals surface area contributed by atoms with Crippen LogP contribution in [0.2, 0.25) is 0 Å². The van der Waals surface area contributed by atoms with Crippen molar-refractivity contribution < 1.29 is 13.6 Å². The van der Waals surface area contributed by atoms with Gasteiger partial charge in [-0.1, -0.05) is 5.11 Å². The number of carbonyl (C=O) groups excluding carboxylic acids is 1. The van der Waals surface area contributed by atoms with E-state index < -0.39 is 17.3 Å². The minimum atomic E-state index is -1.06. The number of hydrogen-bond acceptors (Lipinski definition) is 2. The van der Waals surface area contributed by atoms with Gasteiger partial charge < -0.3 is 0 Å². The molecule has 0 aliphatic carbocycles. The molecule has 4 nitrogen and oxygen atoms in total. The molecular weight excluding hydrogens is 180 g/mol. The summed E-state index contributed by atoms with van der Waals surface area (Å²) in [5.74, 6) is -2.11. The molecule has 1 aromatic carbocycles. The summed E-state index contributed by atoms with van der Waals surface area (Å²) in [5, 5.41) is 2.80. The molecule has 0 bridgehead atoms. The molecule has 0 fully saturated rings. The van der Waals surface area contributed by atoms with E-state index in [-0.39, 0.29) is 5.56 Å². The molecule has 1 rings (SSSR count). The van der Waals surface area contributed by atoms with Gasteiger partial charge in [-0.15, -0.1) is 0 Å². The summed E-state index contributed by atoms with van der Waals surface area (Å²) in [6, 6.07) is 1.58. The van der Waals surface area contributed by atoms with Crippen molar-refractivity contribution in [3.8, 4) is 0 Å². The van der Waals surface area contributed by atoms with Crippen molar-refractivity contribution in [2.45, 2.75) is 0 Å². The van der Waals surface area contributed by atoms with Crippen molar-refractivity contribution in [1.82, 2.24) is 0 Å². The smallest absolute Gasteiger partial charge is 0.150 e. The predicted octanol–water partition coefficient (Wildman–Crippen LogP) is 2.72. The zero-order valence-electron chi connectivity index (χ0n) is 6.24. The third kappa shape index (κ3) is 1.80. The highest BCUT2D eigenvalue weighted by Crippen LogP contribution is 2.23. The molecule has 0 N–H and O–H groups in total. The van der Waals surface area contributed by atoms with Crippen LogP contribution in [-0.4, -0.2) is 6.29 Å². The second-order valence-corrected chi connectivity index (χ2v) is 2.14. The topological polar surface area (TPSA) is 65.8 Å². The highest BCUT2D eigenvalue weighted by atomic mass is 19.1. The maximum absolute atomic E-state index is 12.8. The van der Waals surface area contributed by atoms with Crippen LogP contribution in [0.4, 0.5) is 14.5 Å². The maximum Gasteiger partial charge on any atom is 0.150 e. The average molecular weight is 183 g/mol. The van der Waals surface area contributed by atoms with E-state index in [4.69, 9.17) is 5.53 Å². The first kappa shape index (κ1) is 9.15. The Morgan fingerprint density at radius 2 is 1.92 bits per heavy atom. The highest BCUT2D eigenvalue weighted by Gasteiger charge is 2.08. The Morgan fingerprint density at radius 1 is 1.38 bits per heavy atom. The molecule has 0 unspecified atom stereocenters. The Labute approximate surface area is 71.4 Å². The Hall–Kier alpha value is -1.94. The van der Waals surface area contributed by atoms with Crippen LogP contribution < -0.4 is 0 Å². The molecule has 1 aromatic rings. The molecule has 0 aliphatic heterocycles. The van der Waals surface area contributed by atoms with E-state index in [1.54, 1.807) is 0 Å². The molecule has 0 amide bonds. The molecule has 0 aliphatic rings. The molecule has 0 spiro atoms. The Morgan fingerprint density at radius 3 is 2.31 bits per heavy atom. The van der Waals surface area contributed by atoms with Crippen LogP contribution in [0.15, 0.2) is 17.2 Å². The standard InChI is InChI=1S/C7H3F2N3O/c8-5-1-4(3-13)2-6(9)7(5)11-12-10/h1-3H. The van der Waals surface area contributed by atoms with E-state index in [9.17, 15) is 13.6 Å². The van der Waals surface area contributed by atoms with Crippen LogP contribution >= 0.6 is 0 Å². The predicted molar refractivity (Wildman–Crippen MR) is 40.6 cm³/mol. The summed E-state index contributed by atoms with van der Waals surface area (Å²) >= 11 is 0. The second-order valence-electron chi connectivity index (χ2n) is 2.14. The number of nitrogens with zero attached hydrogens (tertiary/aromatic N) is 3. The third-order valence-corrected chi connectivity index (χ3v) is 1.32. The molecule has 6 heteroatoms. The van der Waals surface area contributed by atoms with Crippen LogP contribution in [0.25, 0.3) is 10.4 Å². The fraction of sp³-hybridized carbons (Fsp3) is 0. The van der Waals surface area contributed by atoms with Crippen LogP contribution in [-0.2, 0) is 0 Å². The summed E-state index contributed by atoms with van der Waals surface area (Å²) in [6.45, 7) is 0. The minimum Gasteiger partial charge on any atom is -0.298 e. The molecular formula is C7H3F2N3O. The van der Waals surface area contributed by atoms with Crippen molar-refractivity contribution in [2.24, 2.45) is 5.11 Å². The van der Waals surface area contributed by atoms with E-state index >= 15 is 0 Å². The fourth-order valence-corrected chi connectivity index (χ4v) is 0.793. The maximum atomic E-state index is 12.8. The largest absolute Gasteiger partial charge is 0.298 e. The van der Waals surface area contributed by atoms with Crippen LogP contribution in [0.1, 0.15) is 10.4 Å². The fourth-order valence-electron chi connectivity index (χ4n) is 0.793. The van der Waals surface area contributed by atoms with Gasteiger partial charge in [-0.2, -0.15) is 0 Å². The third-order valence-electron chi connectivity index (χ3n) is 1.32. The van der Waals surface area contributed by atoms with Crippen LogP contribution in [0.5, 0.6) is 0 Å². The van der Waals surface area contributed by atoms with Gasteiger partial charge in [0.1, 0.15) is 23.6 Å². The number of rotatable bonds is 2. The van der Waals surface area contributed by atoms with Gasteiger partial charge in [-0.3, -0.25) is 4.79 Å². The van der Waals surface area contributed by atoms with Crippen molar-refractivity contribution in [3.63, 3.8) is 0 Å². The summed E-state index contributed by atoms with van der Waals surface area (Å²) in [7, 11) is 0. The first-order valence-corrected chi connectivity index (χ1v) is 3.18. The van der Waals surface area contributed by atoms with Crippen molar-refractivity contribution in [3.05, 3.63) is 39.8 Å². The average Bonchev–Trinajstić information content (AvgIpc) is 2.11. The molecule has 66 valence electrons. The van der Waals surface area contributed by atoms with Crippen molar-refractivity contribution in [2.75, 3.05) is 0 Å². The van der Waals surface area contributed by atoms with Gasteiger partial charge in [-0.25, -0.2) is 8.78 Å². The normalized spacial score (nSPS) is 9.08. The van der Waals surface area contributed by atoms with E-state index in [1.807, 2.05) is 0 Å². The molecule has 0 saturated carbocycles. The number of carbonyl (C=O) groups is 1. The van der Waals surface area contributed by atoms with E-state index in [1.165, 1.54) is 0 Å². The molecule has 0 atom stereocenters. The lowest BCUT2D eigenvalue weighted by atomic mass is 10.2. The Bertz CT molecular complexity index is 376. The van der Waals surface area contributed by atoms with Gasteiger partial charge in [-0.05, 0) is 17.7 Å². The van der Waals surface area contributed by atoms with Crippen LogP contribution in [0, 0.1) is 11.6 Å². The highest BCUT2D eigenvalue weighted by molar-refractivity contribution is 5.75. The summed E-state index contributed by atoms with van der Waals surface area (Å²) in [4.78, 5) is 12.4. The SMILES string of the molecule is [N-]=[N+]=Nc1c(F)cc(C=O)cc1F. The lowest BCUT2D eigenvalue weighted by Gasteiger charge is -1.97. The van der Waals surface area contributed by atoms with Crippen molar-refractivity contribution in [1.29, 1.82) is 0 Å². The molecule has 0 radical (unpaired) electrons. The van der Waals surface area contributed by atoms with Crippen molar-refractivity contribution >= 4 is 12.0 Å². The van der Waals surface area contributed by atoms with Crippen LogP contribution in [0.3, 0.4) is 0 Å². The lowest BCUT2D eigenvalue weighted by molar-refractivity contribution is 0.112. The first-order valence-electron chi connectivity index (χ1n) is 3.18. The van der Waals surface area contributed by atoms with Gasteiger partial charge in [0.25, 0.3) is 0 Å². The van der Waals surface area contributed by atoms with E-state index in [2.05, 4.69) is 10.0 Å². The summed E-state index contributed by atoms with van der Waals surface area (Å²) in [6.07, 6.45) is 0.298. The molecule has 0 heterocycles. The Balaban J connectivity index is 3.38. The molecule has 0 saturated heterocycles. The zero-order valence-corrected chi connectivity index (χ0v) is 6.24. The minimum absolute atomic E-state index is 0.146. The quantitative estimate of drug-likeness (QED) is 0.301. The van der Waals surface area contributed by atoms with Gasteiger partial charge in [0, 0.05) is 10.5 Å². The van der Waals surface area contributed by atoms with Gasteiger partial charge in [0.05, 0.1) is 0 Å². The number of aldehydes is 1. The monoisotopic (exact) mass is 183 g/mol. The number of hydrogen-bond donors (Lipinski definition) is 0. The molecule has 0 aromatic heterocycles. The van der Waals surface area contributed by atoms with E-state index in [0.717, 1.165) is 12.1 Å². The second kappa shape index (κ2) is 3.64. The molecule has 13 heavy (non-hydrogen) atoms. The number of halogens is 2. The number of azide groups is 1. The van der Waals surface area contributed by atoms with E-state index in [0.29, 0.717) is 6.29 Å². The lowest BCUT2D eigenvalue weighted by Crippen LogP contribution is -1.87. The summed E-state index contributed by atoms with van der Waals surface area (Å²) in [5.41, 5.74) is 7.08. The van der Waals surface area contributed by atoms with Gasteiger partial charge in [0.2, 0.25) is 0 Å². The zero-order chi connectivity index (χ0) is 9.84. The van der Waals surface area contributed by atoms with Gasteiger partial charge >= 0.3 is 0 Å². The number of benzene rings is 1.